The average molecular weight is 216 g/mol. The lowest BCUT2D eigenvalue weighted by atomic mass is 10.1. The van der Waals surface area contributed by atoms with Gasteiger partial charge in [-0.2, -0.15) is 0 Å². The third-order valence-corrected chi connectivity index (χ3v) is 2.70. The first kappa shape index (κ1) is 10.9. The Morgan fingerprint density at radius 2 is 2.25 bits per heavy atom. The number of fused-ring (bicyclic) bond motifs is 1. The third kappa shape index (κ3) is 2.30. The number of imidazole rings is 1. The molecule has 2 aromatic rings. The number of H-pyrrole nitrogens is 1. The molecular weight excluding hydrogens is 200 g/mol. The summed E-state index contributed by atoms with van der Waals surface area (Å²) in [7, 11) is 0. The molecular formula is C13H16N2O. The molecule has 0 amide bonds. The van der Waals surface area contributed by atoms with Crippen LogP contribution in [0.5, 0.6) is 0 Å². The summed E-state index contributed by atoms with van der Waals surface area (Å²) in [6.45, 7) is 3.71. The van der Waals surface area contributed by atoms with Gasteiger partial charge in [-0.1, -0.05) is 13.0 Å². The van der Waals surface area contributed by atoms with E-state index < -0.39 is 0 Å². The van der Waals surface area contributed by atoms with Crippen molar-refractivity contribution in [2.45, 2.75) is 33.1 Å². The SMILES string of the molecule is CCc1nc2ccc(CCC(C)=O)cc2[nH]1. The third-order valence-electron chi connectivity index (χ3n) is 2.70. The van der Waals surface area contributed by atoms with E-state index in [9.17, 15) is 4.79 Å². The molecule has 1 heterocycles. The van der Waals surface area contributed by atoms with Crippen LogP contribution in [0.2, 0.25) is 0 Å². The molecule has 0 radical (unpaired) electrons. The summed E-state index contributed by atoms with van der Waals surface area (Å²) in [4.78, 5) is 18.6. The molecule has 0 aliphatic heterocycles. The van der Waals surface area contributed by atoms with Gasteiger partial charge in [0.1, 0.15) is 11.6 Å². The van der Waals surface area contributed by atoms with Crippen LogP contribution in [-0.4, -0.2) is 15.8 Å². The molecule has 0 saturated carbocycles. The molecule has 0 atom stereocenters. The average Bonchev–Trinajstić information content (AvgIpc) is 2.68. The highest BCUT2D eigenvalue weighted by Crippen LogP contribution is 2.15. The van der Waals surface area contributed by atoms with E-state index in [1.54, 1.807) is 6.92 Å². The van der Waals surface area contributed by atoms with Crippen molar-refractivity contribution in [3.63, 3.8) is 0 Å². The minimum atomic E-state index is 0.235. The minimum Gasteiger partial charge on any atom is -0.342 e. The van der Waals surface area contributed by atoms with Crippen molar-refractivity contribution in [1.29, 1.82) is 0 Å². The molecule has 0 unspecified atom stereocenters. The number of carbonyl (C=O) groups excluding carboxylic acids is 1. The van der Waals surface area contributed by atoms with Gasteiger partial charge in [-0.25, -0.2) is 4.98 Å². The molecule has 84 valence electrons. The normalized spacial score (nSPS) is 10.9. The number of aryl methyl sites for hydroxylation is 2. The lowest BCUT2D eigenvalue weighted by Crippen LogP contribution is -1.93. The summed E-state index contributed by atoms with van der Waals surface area (Å²) in [5, 5.41) is 0. The number of benzene rings is 1. The molecule has 0 bridgehead atoms. The van der Waals surface area contributed by atoms with Crippen LogP contribution in [0.4, 0.5) is 0 Å². The zero-order valence-electron chi connectivity index (χ0n) is 9.71. The Morgan fingerprint density at radius 1 is 1.44 bits per heavy atom. The van der Waals surface area contributed by atoms with Crippen molar-refractivity contribution in [2.75, 3.05) is 0 Å². The highest BCUT2D eigenvalue weighted by Gasteiger charge is 2.03. The van der Waals surface area contributed by atoms with Gasteiger partial charge in [0.05, 0.1) is 11.0 Å². The number of nitrogens with one attached hydrogen (secondary N) is 1. The number of Topliss-reactive ketones (excluding diaryl/α,β-unsaturated/α-hetero) is 1. The van der Waals surface area contributed by atoms with Crippen LogP contribution in [0.15, 0.2) is 18.2 Å². The zero-order valence-corrected chi connectivity index (χ0v) is 9.71. The van der Waals surface area contributed by atoms with Crippen LogP contribution >= 0.6 is 0 Å². The molecule has 0 spiro atoms. The van der Waals surface area contributed by atoms with E-state index in [4.69, 9.17) is 0 Å². The van der Waals surface area contributed by atoms with Crippen LogP contribution in [-0.2, 0) is 17.6 Å². The summed E-state index contributed by atoms with van der Waals surface area (Å²) in [5.41, 5.74) is 3.26. The van der Waals surface area contributed by atoms with Gasteiger partial charge in [-0.15, -0.1) is 0 Å². The second kappa shape index (κ2) is 4.47. The Balaban J connectivity index is 2.25. The van der Waals surface area contributed by atoms with E-state index >= 15 is 0 Å². The first-order valence-electron chi connectivity index (χ1n) is 5.66. The summed E-state index contributed by atoms with van der Waals surface area (Å²) >= 11 is 0. The van der Waals surface area contributed by atoms with Gasteiger partial charge in [-0.05, 0) is 31.0 Å². The number of hydrogen-bond acceptors (Lipinski definition) is 2. The van der Waals surface area contributed by atoms with Crippen molar-refractivity contribution < 1.29 is 4.79 Å². The van der Waals surface area contributed by atoms with E-state index in [-0.39, 0.29) is 5.78 Å². The fourth-order valence-corrected chi connectivity index (χ4v) is 1.75. The largest absolute Gasteiger partial charge is 0.342 e. The fraction of sp³-hybridized carbons (Fsp3) is 0.385. The number of aromatic nitrogens is 2. The van der Waals surface area contributed by atoms with Gasteiger partial charge < -0.3 is 9.78 Å². The van der Waals surface area contributed by atoms with Gasteiger partial charge in [0, 0.05) is 12.8 Å². The summed E-state index contributed by atoms with van der Waals surface area (Å²) in [6, 6.07) is 6.15. The Kier molecular flexibility index (Phi) is 3.04. The first-order chi connectivity index (χ1) is 7.69. The van der Waals surface area contributed by atoms with Crippen molar-refractivity contribution >= 4 is 16.8 Å². The maximum atomic E-state index is 10.9. The molecule has 1 aromatic heterocycles. The van der Waals surface area contributed by atoms with Crippen LogP contribution < -0.4 is 0 Å². The van der Waals surface area contributed by atoms with E-state index in [2.05, 4.69) is 23.0 Å². The van der Waals surface area contributed by atoms with Crippen molar-refractivity contribution in [1.82, 2.24) is 9.97 Å². The smallest absolute Gasteiger partial charge is 0.130 e. The number of carbonyl (C=O) groups is 1. The molecule has 0 saturated heterocycles. The van der Waals surface area contributed by atoms with Crippen molar-refractivity contribution in [3.8, 4) is 0 Å². The Bertz CT molecular complexity index is 514. The second-order valence-electron chi connectivity index (χ2n) is 4.09. The fourth-order valence-electron chi connectivity index (χ4n) is 1.75. The lowest BCUT2D eigenvalue weighted by Gasteiger charge is -1.98. The van der Waals surface area contributed by atoms with Gasteiger partial charge in [0.25, 0.3) is 0 Å². The molecule has 1 N–H and O–H groups in total. The van der Waals surface area contributed by atoms with Gasteiger partial charge in [-0.3, -0.25) is 0 Å². The predicted molar refractivity (Wildman–Crippen MR) is 64.5 cm³/mol. The topological polar surface area (TPSA) is 45.8 Å². The van der Waals surface area contributed by atoms with Crippen molar-refractivity contribution in [2.24, 2.45) is 0 Å². The monoisotopic (exact) mass is 216 g/mol. The van der Waals surface area contributed by atoms with Crippen LogP contribution in [0.1, 0.15) is 31.7 Å². The maximum absolute atomic E-state index is 10.9. The molecule has 3 heteroatoms. The van der Waals surface area contributed by atoms with E-state index in [0.29, 0.717) is 6.42 Å². The van der Waals surface area contributed by atoms with E-state index in [1.807, 2.05) is 12.1 Å². The highest BCUT2D eigenvalue weighted by atomic mass is 16.1. The van der Waals surface area contributed by atoms with Crippen LogP contribution in [0.25, 0.3) is 11.0 Å². The van der Waals surface area contributed by atoms with Crippen molar-refractivity contribution in [3.05, 3.63) is 29.6 Å². The molecule has 0 aliphatic carbocycles. The van der Waals surface area contributed by atoms with Crippen LogP contribution in [0.3, 0.4) is 0 Å². The zero-order chi connectivity index (χ0) is 11.5. The second-order valence-corrected chi connectivity index (χ2v) is 4.09. The molecule has 1 aromatic carbocycles. The van der Waals surface area contributed by atoms with Gasteiger partial charge in [0.15, 0.2) is 0 Å². The quantitative estimate of drug-likeness (QED) is 0.854. The molecule has 2 rings (SSSR count). The minimum absolute atomic E-state index is 0.235. The Morgan fingerprint density at radius 3 is 2.94 bits per heavy atom. The number of aromatic amines is 1. The Labute approximate surface area is 94.9 Å². The summed E-state index contributed by atoms with van der Waals surface area (Å²) < 4.78 is 0. The standard InChI is InChI=1S/C13H16N2O/c1-3-13-14-11-7-6-10(5-4-9(2)16)8-12(11)15-13/h6-8H,3-5H2,1-2H3,(H,14,15). The molecule has 3 nitrogen and oxygen atoms in total. The number of rotatable bonds is 4. The summed E-state index contributed by atoms with van der Waals surface area (Å²) in [6.07, 6.45) is 2.34. The highest BCUT2D eigenvalue weighted by molar-refractivity contribution is 5.77. The number of ketones is 1. The predicted octanol–water partition coefficient (Wildman–Crippen LogP) is 2.65. The first-order valence-corrected chi connectivity index (χ1v) is 5.66. The number of nitrogens with zero attached hydrogens (tertiary/aromatic N) is 1. The van der Waals surface area contributed by atoms with Crippen LogP contribution in [0, 0.1) is 0 Å². The van der Waals surface area contributed by atoms with Gasteiger partial charge >= 0.3 is 0 Å². The van der Waals surface area contributed by atoms with Gasteiger partial charge in [0.2, 0.25) is 0 Å². The van der Waals surface area contributed by atoms with E-state index in [1.165, 1.54) is 5.56 Å². The Hall–Kier alpha value is -1.64. The maximum Gasteiger partial charge on any atom is 0.130 e. The molecule has 0 aliphatic rings. The summed E-state index contributed by atoms with van der Waals surface area (Å²) in [5.74, 6) is 1.25. The van der Waals surface area contributed by atoms with E-state index in [0.717, 1.165) is 29.7 Å². The lowest BCUT2D eigenvalue weighted by molar-refractivity contribution is -0.116. The molecule has 16 heavy (non-hydrogen) atoms. The number of hydrogen-bond donors (Lipinski definition) is 1. The molecule has 0 fully saturated rings.